The van der Waals surface area contributed by atoms with E-state index >= 15 is 0 Å². The average Bonchev–Trinajstić information content (AvgIpc) is 3.13. The van der Waals surface area contributed by atoms with Crippen LogP contribution in [0, 0.1) is 17.8 Å². The minimum atomic E-state index is -2.49. The van der Waals surface area contributed by atoms with Crippen molar-refractivity contribution in [2.45, 2.75) is 215 Å². The number of hydrogen-bond acceptors (Lipinski definition) is 6. The van der Waals surface area contributed by atoms with Crippen molar-refractivity contribution >= 4 is 73.3 Å². The van der Waals surface area contributed by atoms with E-state index in [1.54, 1.807) is 20.8 Å². The quantitative estimate of drug-likeness (QED) is 0.0163. The molecule has 0 aliphatic rings. The van der Waals surface area contributed by atoms with Gasteiger partial charge in [-0.05, 0) is 63.8 Å². The molecule has 60 heavy (non-hydrogen) atoms. The minimum absolute atomic E-state index is 0.258. The molecule has 3 atom stereocenters. The Morgan fingerprint density at radius 2 is 0.667 bits per heavy atom. The Morgan fingerprint density at radius 3 is 0.867 bits per heavy atom. The summed E-state index contributed by atoms with van der Waals surface area (Å²) in [5, 5.41) is 0. The zero-order valence-corrected chi connectivity index (χ0v) is 46.2. The summed E-state index contributed by atoms with van der Waals surface area (Å²) in [5.74, 6) is 1.54. The molecule has 0 aromatic carbocycles. The fourth-order valence-corrected chi connectivity index (χ4v) is 14.5. The molecule has 0 bridgehead atoms. The summed E-state index contributed by atoms with van der Waals surface area (Å²) in [6.07, 6.45) is 21.2. The summed E-state index contributed by atoms with van der Waals surface area (Å²) in [4.78, 5) is 33.5. The van der Waals surface area contributed by atoms with E-state index in [0.717, 1.165) is 82.1 Å². The zero-order valence-electron chi connectivity index (χ0n) is 40.9. The van der Waals surface area contributed by atoms with Crippen molar-refractivity contribution in [1.82, 2.24) is 0 Å². The van der Waals surface area contributed by atoms with Gasteiger partial charge in [0.05, 0.1) is 19.8 Å². The van der Waals surface area contributed by atoms with Crippen LogP contribution in [0.25, 0.3) is 0 Å². The first-order valence-corrected chi connectivity index (χ1v) is 36.0. The van der Waals surface area contributed by atoms with Crippen molar-refractivity contribution in [2.75, 3.05) is 19.8 Å². The second-order valence-electron chi connectivity index (χ2n) is 19.5. The number of ether oxygens (including phenoxy) is 3. The van der Waals surface area contributed by atoms with Gasteiger partial charge in [-0.1, -0.05) is 188 Å². The summed E-state index contributed by atoms with van der Waals surface area (Å²) in [7, 11) is -1.82. The maximum atomic E-state index is 11.2. The van der Waals surface area contributed by atoms with Crippen molar-refractivity contribution in [3.63, 3.8) is 0 Å². The highest BCUT2D eigenvalue weighted by Crippen LogP contribution is 2.33. The van der Waals surface area contributed by atoms with Gasteiger partial charge in [0.2, 0.25) is 0 Å². The summed E-state index contributed by atoms with van der Waals surface area (Å²) in [5.41, 5.74) is 1.43. The number of carbonyl (C=O) groups is 3. The Hall–Kier alpha value is -0.849. The van der Waals surface area contributed by atoms with Crippen LogP contribution in [-0.2, 0) is 28.6 Å². The van der Waals surface area contributed by atoms with Crippen molar-refractivity contribution in [3.8, 4) is 0 Å². The van der Waals surface area contributed by atoms with E-state index in [0.29, 0.717) is 42.5 Å². The topological polar surface area (TPSA) is 78.9 Å². The van der Waals surface area contributed by atoms with Crippen molar-refractivity contribution < 1.29 is 28.6 Å². The normalized spacial score (nSPS) is 13.1. The third-order valence-electron chi connectivity index (χ3n) is 10.3. The van der Waals surface area contributed by atoms with Gasteiger partial charge in [-0.25, -0.2) is 14.4 Å². The number of unbranched alkanes of at least 4 members (excludes halogenated alkanes) is 9. The van der Waals surface area contributed by atoms with E-state index in [1.807, 2.05) is 0 Å². The molecule has 354 valence electrons. The SMILES string of the molecule is C=C(C)C(=O)OCCCCCCC(CC)C[Si](C)(C)C.C=C(C)C(=O)OCCCCCCC(CC)C[Si](C)(C)C.C=C(C)C(=O)OCCCCCCC(CC)C[Si](Cl)(Cl)Cl. The van der Waals surface area contributed by atoms with E-state index in [4.69, 9.17) is 47.4 Å². The van der Waals surface area contributed by atoms with Crippen LogP contribution in [0.3, 0.4) is 0 Å². The van der Waals surface area contributed by atoms with Crippen LogP contribution < -0.4 is 0 Å². The molecule has 0 aromatic heterocycles. The van der Waals surface area contributed by atoms with Gasteiger partial charge in [0.25, 0.3) is 0 Å². The highest BCUT2D eigenvalue weighted by molar-refractivity contribution is 7.64. The van der Waals surface area contributed by atoms with Gasteiger partial charge in [-0.2, -0.15) is 0 Å². The molecule has 3 unspecified atom stereocenters. The highest BCUT2D eigenvalue weighted by Gasteiger charge is 2.28. The third kappa shape index (κ3) is 46.6. The first-order valence-electron chi connectivity index (χ1n) is 23.3. The van der Waals surface area contributed by atoms with Gasteiger partial charge in [-0.15, -0.1) is 33.2 Å². The summed E-state index contributed by atoms with van der Waals surface area (Å²) in [6.45, 7) is 38.8. The monoisotopic (exact) mass is 955 g/mol. The predicted molar refractivity (Wildman–Crippen MR) is 272 cm³/mol. The lowest BCUT2D eigenvalue weighted by molar-refractivity contribution is -0.139. The van der Waals surface area contributed by atoms with Gasteiger partial charge < -0.3 is 14.2 Å². The molecule has 0 spiro atoms. The standard InChI is InChI=1S/2C17H34O2Si.C14H25Cl3O2Si/c2*1-7-16(14-20(4,5)6)12-10-8-9-11-13-19-17(18)15(2)3;1-4-13(11-20(15,16)17)9-7-5-6-8-10-19-14(18)12(2)3/h2*16H,2,7-14H2,1,3-6H3;13H,2,4-11H2,1,3H3. The molecule has 0 saturated carbocycles. The van der Waals surface area contributed by atoms with Crippen molar-refractivity contribution in [3.05, 3.63) is 36.5 Å². The first-order chi connectivity index (χ1) is 27.8. The van der Waals surface area contributed by atoms with Gasteiger partial charge in [0.15, 0.2) is 0 Å². The van der Waals surface area contributed by atoms with Gasteiger partial charge in [0.1, 0.15) is 0 Å². The first kappa shape index (κ1) is 63.4. The second kappa shape index (κ2) is 37.5. The molecular formula is C48H93Cl3O6Si3. The van der Waals surface area contributed by atoms with Crippen LogP contribution in [-0.4, -0.2) is 59.9 Å². The fourth-order valence-electron chi connectivity index (χ4n) is 6.94. The second-order valence-corrected chi connectivity index (χ2v) is 39.8. The Bertz CT molecular complexity index is 1030. The van der Waals surface area contributed by atoms with Crippen LogP contribution in [0.5, 0.6) is 0 Å². The van der Waals surface area contributed by atoms with Crippen LogP contribution in [0.15, 0.2) is 36.5 Å². The van der Waals surface area contributed by atoms with Gasteiger partial charge in [-0.3, -0.25) is 0 Å². The van der Waals surface area contributed by atoms with Crippen LogP contribution >= 0.6 is 33.2 Å². The minimum Gasteiger partial charge on any atom is -0.462 e. The fraction of sp³-hybridized carbons (Fsp3) is 0.812. The number of rotatable bonds is 33. The van der Waals surface area contributed by atoms with E-state index in [9.17, 15) is 14.4 Å². The number of carbonyl (C=O) groups excluding carboxylic acids is 3. The van der Waals surface area contributed by atoms with E-state index in [-0.39, 0.29) is 17.9 Å². The Kier molecular flexibility index (Phi) is 39.7. The lowest BCUT2D eigenvalue weighted by atomic mass is 10.00. The zero-order chi connectivity index (χ0) is 46.8. The average molecular weight is 957 g/mol. The third-order valence-corrected chi connectivity index (χ3v) is 16.4. The van der Waals surface area contributed by atoms with Crippen molar-refractivity contribution in [1.29, 1.82) is 0 Å². The van der Waals surface area contributed by atoms with Crippen LogP contribution in [0.4, 0.5) is 0 Å². The lowest BCUT2D eigenvalue weighted by Gasteiger charge is -2.23. The molecule has 6 nitrogen and oxygen atoms in total. The number of esters is 3. The predicted octanol–water partition coefficient (Wildman–Crippen LogP) is 16.6. The van der Waals surface area contributed by atoms with E-state index in [2.05, 4.69) is 79.8 Å². The molecule has 12 heteroatoms. The van der Waals surface area contributed by atoms with Crippen LogP contribution in [0.2, 0.25) is 57.4 Å². The molecule has 0 amide bonds. The Morgan fingerprint density at radius 1 is 0.433 bits per heavy atom. The molecule has 0 N–H and O–H groups in total. The molecule has 0 aromatic rings. The molecule has 0 saturated heterocycles. The van der Waals surface area contributed by atoms with Gasteiger partial charge in [0, 0.05) is 32.9 Å². The Balaban J connectivity index is -0.000000812. The van der Waals surface area contributed by atoms with E-state index < -0.39 is 22.2 Å². The highest BCUT2D eigenvalue weighted by atomic mass is 35.8. The largest absolute Gasteiger partial charge is 0.462 e. The van der Waals surface area contributed by atoms with Crippen molar-refractivity contribution in [2.24, 2.45) is 17.8 Å². The molecule has 0 aliphatic carbocycles. The lowest BCUT2D eigenvalue weighted by Crippen LogP contribution is -2.23. The molecule has 0 heterocycles. The number of hydrogen-bond donors (Lipinski definition) is 0. The molecule has 0 radical (unpaired) electrons. The molecule has 0 fully saturated rings. The maximum absolute atomic E-state index is 11.2. The van der Waals surface area contributed by atoms with E-state index in [1.165, 1.54) is 63.5 Å². The van der Waals surface area contributed by atoms with Gasteiger partial charge >= 0.3 is 23.9 Å². The maximum Gasteiger partial charge on any atom is 0.341 e. The summed E-state index contributed by atoms with van der Waals surface area (Å²) >= 11 is 17.9. The molecule has 0 aliphatic heterocycles. The summed E-state index contributed by atoms with van der Waals surface area (Å²) < 4.78 is 15.2. The molecule has 0 rings (SSSR count). The summed E-state index contributed by atoms with van der Waals surface area (Å²) in [6, 6.07) is 1.18. The van der Waals surface area contributed by atoms with Crippen LogP contribution in [0.1, 0.15) is 157 Å². The number of halogens is 3. The smallest absolute Gasteiger partial charge is 0.341 e. The Labute approximate surface area is 388 Å². The molecular weight excluding hydrogens is 863 g/mol.